The first kappa shape index (κ1) is 29.2. The van der Waals surface area contributed by atoms with Gasteiger partial charge in [0, 0.05) is 12.8 Å². The molecule has 0 radical (unpaired) electrons. The Morgan fingerprint density at radius 2 is 1.60 bits per heavy atom. The van der Waals surface area contributed by atoms with Crippen LogP contribution in [0.15, 0.2) is 24.3 Å². The fraction of sp³-hybridized carbons (Fsp3) is 0.680. The van der Waals surface area contributed by atoms with E-state index in [0.717, 1.165) is 12.1 Å². The lowest BCUT2D eigenvalue weighted by Crippen LogP contribution is -2.56. The summed E-state index contributed by atoms with van der Waals surface area (Å²) in [6.45, 7) is 15.7. The Bertz CT molecular complexity index is 919. The number of hydrogen-bond donors (Lipinski definition) is 0. The largest absolute Gasteiger partial charge is 0.467 e. The van der Waals surface area contributed by atoms with Gasteiger partial charge in [0.05, 0.1) is 25.3 Å². The van der Waals surface area contributed by atoms with E-state index in [9.17, 15) is 22.8 Å². The second-order valence-electron chi connectivity index (χ2n) is 11.7. The van der Waals surface area contributed by atoms with Crippen molar-refractivity contribution in [2.75, 3.05) is 13.7 Å². The molecule has 2 rings (SSSR count). The number of hydrogen-bond acceptors (Lipinski definition) is 5. The minimum absolute atomic E-state index is 0.0333. The summed E-state index contributed by atoms with van der Waals surface area (Å²) in [5.74, 6) is -0.662. The molecule has 1 aliphatic heterocycles. The summed E-state index contributed by atoms with van der Waals surface area (Å²) in [6.07, 6.45) is -5.52. The van der Waals surface area contributed by atoms with Gasteiger partial charge in [0.2, 0.25) is 0 Å². The lowest BCUT2D eigenvalue weighted by molar-refractivity contribution is -0.153. The van der Waals surface area contributed by atoms with E-state index in [4.69, 9.17) is 13.9 Å². The van der Waals surface area contributed by atoms with Gasteiger partial charge in [-0.1, -0.05) is 32.9 Å². The third-order valence-corrected chi connectivity index (χ3v) is 11.2. The van der Waals surface area contributed by atoms with Crippen LogP contribution < -0.4 is 0 Å². The van der Waals surface area contributed by atoms with Crippen LogP contribution in [0.4, 0.5) is 18.0 Å². The number of alkyl halides is 3. The maximum atomic E-state index is 13.3. The Morgan fingerprint density at radius 1 is 1.06 bits per heavy atom. The van der Waals surface area contributed by atoms with Gasteiger partial charge in [0.25, 0.3) is 0 Å². The smallest absolute Gasteiger partial charge is 0.416 e. The Kier molecular flexibility index (Phi) is 8.13. The number of carbonyl (C=O) groups is 2. The topological polar surface area (TPSA) is 65.1 Å². The van der Waals surface area contributed by atoms with Gasteiger partial charge in [0.1, 0.15) is 11.1 Å². The summed E-state index contributed by atoms with van der Waals surface area (Å²) in [5.41, 5.74) is -2.62. The van der Waals surface area contributed by atoms with Crippen LogP contribution in [0.5, 0.6) is 0 Å². The van der Waals surface area contributed by atoms with Crippen molar-refractivity contribution >= 4 is 20.4 Å². The highest BCUT2D eigenvalue weighted by atomic mass is 28.4. The highest BCUT2D eigenvalue weighted by molar-refractivity contribution is 6.74. The molecular formula is C25H38F3NO5Si. The third-order valence-electron chi connectivity index (χ3n) is 6.69. The first-order chi connectivity index (χ1) is 15.7. The summed E-state index contributed by atoms with van der Waals surface area (Å²) >= 11 is 0. The molecule has 198 valence electrons. The monoisotopic (exact) mass is 517 g/mol. The number of amides is 1. The number of esters is 1. The van der Waals surface area contributed by atoms with Gasteiger partial charge in [0.15, 0.2) is 8.32 Å². The minimum Gasteiger partial charge on any atom is -0.467 e. The van der Waals surface area contributed by atoms with E-state index < -0.39 is 49.4 Å². The maximum Gasteiger partial charge on any atom is 0.416 e. The fourth-order valence-electron chi connectivity index (χ4n) is 3.94. The summed E-state index contributed by atoms with van der Waals surface area (Å²) in [5, 5.41) is -0.103. The molecule has 6 nitrogen and oxygen atoms in total. The van der Waals surface area contributed by atoms with E-state index in [1.165, 1.54) is 24.1 Å². The Balaban J connectivity index is 2.51. The van der Waals surface area contributed by atoms with Crippen LogP contribution in [-0.2, 0) is 31.3 Å². The van der Waals surface area contributed by atoms with Crippen molar-refractivity contribution in [3.05, 3.63) is 35.4 Å². The number of halogens is 3. The van der Waals surface area contributed by atoms with Crippen molar-refractivity contribution < 1.29 is 36.7 Å². The van der Waals surface area contributed by atoms with Gasteiger partial charge in [-0.3, -0.25) is 4.90 Å². The van der Waals surface area contributed by atoms with Crippen LogP contribution in [0.25, 0.3) is 0 Å². The standard InChI is InChI=1S/C25H38F3NO5Si/c1-22(2,3)33-21(31)29-16-19(34-35(8,9)23(4,5)6)15-24(29,20(30)32-7)14-17-10-12-18(13-11-17)25(26,27)28/h10-13,19H,14-16H2,1-9H3/t19-,24-/m1/s1. The highest BCUT2D eigenvalue weighted by Crippen LogP contribution is 2.42. The first-order valence-electron chi connectivity index (χ1n) is 11.6. The molecule has 0 unspecified atom stereocenters. The SMILES string of the molecule is COC(=O)[C@@]1(Cc2ccc(C(F)(F)F)cc2)C[C@@H](O[Si](C)(C)C(C)(C)C)CN1C(=O)OC(C)(C)C. The third kappa shape index (κ3) is 6.78. The lowest BCUT2D eigenvalue weighted by atomic mass is 9.87. The van der Waals surface area contributed by atoms with Crippen LogP contribution in [0.1, 0.15) is 59.1 Å². The van der Waals surface area contributed by atoms with Crippen molar-refractivity contribution in [1.29, 1.82) is 0 Å². The molecular weight excluding hydrogens is 479 g/mol. The predicted molar refractivity (Wildman–Crippen MR) is 130 cm³/mol. The van der Waals surface area contributed by atoms with Gasteiger partial charge in [-0.25, -0.2) is 9.59 Å². The zero-order chi connectivity index (χ0) is 27.0. The molecule has 0 aromatic heterocycles. The molecule has 0 aliphatic carbocycles. The van der Waals surface area contributed by atoms with Crippen molar-refractivity contribution in [3.8, 4) is 0 Å². The van der Waals surface area contributed by atoms with Crippen LogP contribution in [0, 0.1) is 0 Å². The van der Waals surface area contributed by atoms with Gasteiger partial charge >= 0.3 is 18.2 Å². The molecule has 10 heteroatoms. The molecule has 1 heterocycles. The van der Waals surface area contributed by atoms with Crippen LogP contribution >= 0.6 is 0 Å². The number of benzene rings is 1. The van der Waals surface area contributed by atoms with Crippen molar-refractivity contribution in [1.82, 2.24) is 4.90 Å². The van der Waals surface area contributed by atoms with Crippen LogP contribution in [-0.4, -0.2) is 56.2 Å². The second-order valence-corrected chi connectivity index (χ2v) is 16.4. The molecule has 2 atom stereocenters. The molecule has 1 aromatic rings. The molecule has 0 saturated carbocycles. The summed E-state index contributed by atoms with van der Waals surface area (Å²) in [6, 6.07) is 4.58. The number of methoxy groups -OCH3 is 1. The second kappa shape index (κ2) is 9.76. The molecule has 0 N–H and O–H groups in total. The van der Waals surface area contributed by atoms with Crippen LogP contribution in [0.2, 0.25) is 18.1 Å². The molecule has 1 aromatic carbocycles. The zero-order valence-electron chi connectivity index (χ0n) is 22.1. The Morgan fingerprint density at radius 3 is 2.03 bits per heavy atom. The van der Waals surface area contributed by atoms with Gasteiger partial charge in [-0.05, 0) is 56.6 Å². The van der Waals surface area contributed by atoms with E-state index in [2.05, 4.69) is 33.9 Å². The lowest BCUT2D eigenvalue weighted by Gasteiger charge is -2.38. The molecule has 1 saturated heterocycles. The highest BCUT2D eigenvalue weighted by Gasteiger charge is 2.57. The van der Waals surface area contributed by atoms with Crippen molar-refractivity contribution in [2.24, 2.45) is 0 Å². The van der Waals surface area contributed by atoms with E-state index >= 15 is 0 Å². The Hall–Kier alpha value is -2.07. The minimum atomic E-state index is -4.48. The van der Waals surface area contributed by atoms with E-state index in [0.29, 0.717) is 5.56 Å². The van der Waals surface area contributed by atoms with E-state index in [1.54, 1.807) is 20.8 Å². The normalized spacial score (nSPS) is 21.7. The molecule has 1 fully saturated rings. The predicted octanol–water partition coefficient (Wildman–Crippen LogP) is 6.19. The maximum absolute atomic E-state index is 13.3. The zero-order valence-corrected chi connectivity index (χ0v) is 23.1. The first-order valence-corrected chi connectivity index (χ1v) is 14.6. The number of rotatable bonds is 5. The number of ether oxygens (including phenoxy) is 2. The molecule has 0 spiro atoms. The molecule has 1 aliphatic rings. The number of likely N-dealkylation sites (tertiary alicyclic amines) is 1. The Labute approximate surface area is 207 Å². The summed E-state index contributed by atoms with van der Waals surface area (Å²) in [7, 11) is -1.04. The number of nitrogens with zero attached hydrogens (tertiary/aromatic N) is 1. The van der Waals surface area contributed by atoms with E-state index in [-0.39, 0.29) is 24.4 Å². The average Bonchev–Trinajstić information content (AvgIpc) is 3.03. The average molecular weight is 518 g/mol. The van der Waals surface area contributed by atoms with Gasteiger partial charge in [-0.15, -0.1) is 0 Å². The molecule has 0 bridgehead atoms. The van der Waals surface area contributed by atoms with E-state index in [1.807, 2.05) is 0 Å². The van der Waals surface area contributed by atoms with Gasteiger partial charge < -0.3 is 13.9 Å². The fourth-order valence-corrected chi connectivity index (χ4v) is 5.29. The van der Waals surface area contributed by atoms with Gasteiger partial charge in [-0.2, -0.15) is 13.2 Å². The molecule has 1 amide bonds. The quantitative estimate of drug-likeness (QED) is 0.344. The number of carbonyl (C=O) groups excluding carboxylic acids is 2. The van der Waals surface area contributed by atoms with Crippen molar-refractivity contribution in [2.45, 2.75) is 95.9 Å². The summed E-state index contributed by atoms with van der Waals surface area (Å²) in [4.78, 5) is 27.9. The van der Waals surface area contributed by atoms with Crippen LogP contribution in [0.3, 0.4) is 0 Å². The summed E-state index contributed by atoms with van der Waals surface area (Å²) < 4.78 is 56.5. The molecule has 35 heavy (non-hydrogen) atoms. The van der Waals surface area contributed by atoms with Crippen molar-refractivity contribution in [3.63, 3.8) is 0 Å².